The molecule has 1 aromatic carbocycles. The summed E-state index contributed by atoms with van der Waals surface area (Å²) < 4.78 is 0. The molecule has 3 nitrogen and oxygen atoms in total. The van der Waals surface area contributed by atoms with Gasteiger partial charge in [0.05, 0.1) is 0 Å². The van der Waals surface area contributed by atoms with E-state index in [1.54, 1.807) is 16.7 Å². The lowest BCUT2D eigenvalue weighted by Gasteiger charge is -2.42. The van der Waals surface area contributed by atoms with Crippen LogP contribution in [0.5, 0.6) is 0 Å². The number of hydrogen-bond acceptors (Lipinski definition) is 3. The largest absolute Gasteiger partial charge is 0.373 e. The molecule has 0 saturated carbocycles. The summed E-state index contributed by atoms with van der Waals surface area (Å²) in [4.78, 5) is 5.05. The molecule has 0 radical (unpaired) electrons. The van der Waals surface area contributed by atoms with E-state index in [0.29, 0.717) is 0 Å². The highest BCUT2D eigenvalue weighted by atomic mass is 15.2. The van der Waals surface area contributed by atoms with Crippen molar-refractivity contribution in [3.8, 4) is 0 Å². The second-order valence-electron chi connectivity index (χ2n) is 9.63. The Bertz CT molecular complexity index is 598. The predicted molar refractivity (Wildman–Crippen MR) is 115 cm³/mol. The zero-order valence-corrected chi connectivity index (χ0v) is 18.5. The third kappa shape index (κ3) is 4.80. The molecule has 1 N–H and O–H groups in total. The summed E-state index contributed by atoms with van der Waals surface area (Å²) >= 11 is 0. The molecular formula is C23H41N3. The standard InChI is InChI=1S/C23H41N3/c1-9-11-23(5,6)21-16-19(25(8)14-12-24-7)15-18-10-13-26(17-20(18)21)22(2,3)4/h15-16,24H,9-14,17H2,1-8H3. The van der Waals surface area contributed by atoms with Crippen molar-refractivity contribution in [3.05, 3.63) is 28.8 Å². The van der Waals surface area contributed by atoms with Gasteiger partial charge in [-0.1, -0.05) is 27.2 Å². The molecule has 1 aliphatic rings. The van der Waals surface area contributed by atoms with Gasteiger partial charge in [-0.3, -0.25) is 4.90 Å². The molecule has 1 aliphatic heterocycles. The average Bonchev–Trinajstić information content (AvgIpc) is 2.57. The summed E-state index contributed by atoms with van der Waals surface area (Å²) in [6.07, 6.45) is 3.62. The maximum atomic E-state index is 3.27. The molecule has 2 rings (SSSR count). The zero-order valence-electron chi connectivity index (χ0n) is 18.5. The SMILES string of the molecule is CCCC(C)(C)c1cc(N(C)CCNC)cc2c1CN(C(C)(C)C)CC2. The Labute approximate surface area is 162 Å². The molecule has 0 atom stereocenters. The predicted octanol–water partition coefficient (Wildman–Crippen LogP) is 4.58. The quantitative estimate of drug-likeness (QED) is 0.769. The van der Waals surface area contributed by atoms with E-state index >= 15 is 0 Å². The summed E-state index contributed by atoms with van der Waals surface area (Å²) in [6.45, 7) is 18.5. The van der Waals surface area contributed by atoms with Crippen LogP contribution in [-0.4, -0.2) is 44.2 Å². The van der Waals surface area contributed by atoms with Crippen LogP contribution < -0.4 is 10.2 Å². The molecule has 0 spiro atoms. The normalized spacial score (nSPS) is 15.8. The smallest absolute Gasteiger partial charge is 0.0370 e. The van der Waals surface area contributed by atoms with Crippen molar-refractivity contribution in [2.24, 2.45) is 0 Å². The van der Waals surface area contributed by atoms with Crippen LogP contribution in [0.15, 0.2) is 12.1 Å². The van der Waals surface area contributed by atoms with Gasteiger partial charge in [0.15, 0.2) is 0 Å². The van der Waals surface area contributed by atoms with Gasteiger partial charge in [0, 0.05) is 44.5 Å². The Hall–Kier alpha value is -1.06. The van der Waals surface area contributed by atoms with Crippen molar-refractivity contribution in [3.63, 3.8) is 0 Å². The molecule has 0 bridgehead atoms. The number of anilines is 1. The summed E-state index contributed by atoms with van der Waals surface area (Å²) in [5.41, 5.74) is 6.56. The van der Waals surface area contributed by atoms with Crippen LogP contribution in [-0.2, 0) is 18.4 Å². The van der Waals surface area contributed by atoms with Crippen molar-refractivity contribution >= 4 is 5.69 Å². The van der Waals surface area contributed by atoms with Gasteiger partial charge in [0.1, 0.15) is 0 Å². The lowest BCUT2D eigenvalue weighted by atomic mass is 9.75. The Balaban J connectivity index is 2.48. The molecule has 26 heavy (non-hydrogen) atoms. The van der Waals surface area contributed by atoms with Gasteiger partial charge < -0.3 is 10.2 Å². The van der Waals surface area contributed by atoms with E-state index in [1.165, 1.54) is 18.5 Å². The molecule has 1 aromatic rings. The average molecular weight is 360 g/mol. The fourth-order valence-electron chi connectivity index (χ4n) is 4.22. The number of benzene rings is 1. The van der Waals surface area contributed by atoms with Crippen LogP contribution in [0.3, 0.4) is 0 Å². The van der Waals surface area contributed by atoms with E-state index in [-0.39, 0.29) is 11.0 Å². The van der Waals surface area contributed by atoms with Gasteiger partial charge in [-0.2, -0.15) is 0 Å². The highest BCUT2D eigenvalue weighted by molar-refractivity contribution is 5.57. The Morgan fingerprint density at radius 1 is 1.15 bits per heavy atom. The monoisotopic (exact) mass is 359 g/mol. The third-order valence-corrected chi connectivity index (χ3v) is 6.02. The molecule has 0 fully saturated rings. The highest BCUT2D eigenvalue weighted by Crippen LogP contribution is 2.39. The summed E-state index contributed by atoms with van der Waals surface area (Å²) in [6, 6.07) is 4.94. The molecule has 0 saturated heterocycles. The van der Waals surface area contributed by atoms with Crippen LogP contribution in [0.1, 0.15) is 71.1 Å². The first-order valence-corrected chi connectivity index (χ1v) is 10.4. The number of nitrogens with zero attached hydrogens (tertiary/aromatic N) is 2. The Morgan fingerprint density at radius 2 is 1.85 bits per heavy atom. The molecule has 0 aromatic heterocycles. The second-order valence-corrected chi connectivity index (χ2v) is 9.63. The van der Waals surface area contributed by atoms with Crippen LogP contribution in [0.4, 0.5) is 5.69 Å². The lowest BCUT2D eigenvalue weighted by molar-refractivity contribution is 0.119. The first-order valence-electron chi connectivity index (χ1n) is 10.4. The number of likely N-dealkylation sites (N-methyl/N-ethyl adjacent to an activating group) is 2. The van der Waals surface area contributed by atoms with Crippen LogP contribution in [0.25, 0.3) is 0 Å². The van der Waals surface area contributed by atoms with Crippen molar-refractivity contribution in [2.45, 2.75) is 78.3 Å². The summed E-state index contributed by atoms with van der Waals surface area (Å²) in [5, 5.41) is 3.27. The first-order chi connectivity index (χ1) is 12.1. The molecule has 0 unspecified atom stereocenters. The number of rotatable bonds is 7. The van der Waals surface area contributed by atoms with Gasteiger partial charge in [0.2, 0.25) is 0 Å². The molecule has 3 heteroatoms. The van der Waals surface area contributed by atoms with E-state index in [1.807, 2.05) is 7.05 Å². The fourth-order valence-corrected chi connectivity index (χ4v) is 4.22. The number of fused-ring (bicyclic) bond motifs is 1. The highest BCUT2D eigenvalue weighted by Gasteiger charge is 2.31. The van der Waals surface area contributed by atoms with E-state index in [0.717, 1.165) is 32.6 Å². The van der Waals surface area contributed by atoms with E-state index < -0.39 is 0 Å². The first kappa shape index (κ1) is 21.2. The van der Waals surface area contributed by atoms with Crippen molar-refractivity contribution < 1.29 is 0 Å². The van der Waals surface area contributed by atoms with Gasteiger partial charge in [0.25, 0.3) is 0 Å². The van der Waals surface area contributed by atoms with Gasteiger partial charge in [-0.05, 0) is 74.9 Å². The summed E-state index contributed by atoms with van der Waals surface area (Å²) in [7, 11) is 4.25. The van der Waals surface area contributed by atoms with Crippen LogP contribution in [0.2, 0.25) is 0 Å². The minimum Gasteiger partial charge on any atom is -0.373 e. The summed E-state index contributed by atoms with van der Waals surface area (Å²) in [5.74, 6) is 0. The van der Waals surface area contributed by atoms with Gasteiger partial charge >= 0.3 is 0 Å². The molecular weight excluding hydrogens is 318 g/mol. The Kier molecular flexibility index (Phi) is 6.79. The maximum absolute atomic E-state index is 3.27. The molecule has 1 heterocycles. The number of hydrogen-bond donors (Lipinski definition) is 1. The second kappa shape index (κ2) is 8.31. The van der Waals surface area contributed by atoms with Gasteiger partial charge in [-0.25, -0.2) is 0 Å². The van der Waals surface area contributed by atoms with Gasteiger partial charge in [-0.15, -0.1) is 0 Å². The minimum atomic E-state index is 0.222. The fraction of sp³-hybridized carbons (Fsp3) is 0.739. The van der Waals surface area contributed by atoms with E-state index in [4.69, 9.17) is 0 Å². The molecule has 0 aliphatic carbocycles. The van der Waals surface area contributed by atoms with E-state index in [9.17, 15) is 0 Å². The maximum Gasteiger partial charge on any atom is 0.0370 e. The van der Waals surface area contributed by atoms with Crippen LogP contribution in [0, 0.1) is 0 Å². The Morgan fingerprint density at radius 3 is 2.42 bits per heavy atom. The third-order valence-electron chi connectivity index (χ3n) is 6.02. The minimum absolute atomic E-state index is 0.222. The van der Waals surface area contributed by atoms with E-state index in [2.05, 4.69) is 75.8 Å². The van der Waals surface area contributed by atoms with Crippen molar-refractivity contribution in [1.29, 1.82) is 0 Å². The number of nitrogens with one attached hydrogen (secondary N) is 1. The lowest BCUT2D eigenvalue weighted by Crippen LogP contribution is -2.45. The topological polar surface area (TPSA) is 18.5 Å². The zero-order chi connectivity index (χ0) is 19.5. The van der Waals surface area contributed by atoms with Crippen molar-refractivity contribution in [1.82, 2.24) is 10.2 Å². The van der Waals surface area contributed by atoms with Crippen molar-refractivity contribution in [2.75, 3.05) is 38.6 Å². The molecule has 0 amide bonds. The molecule has 148 valence electrons. The van der Waals surface area contributed by atoms with Crippen LogP contribution >= 0.6 is 0 Å².